The van der Waals surface area contributed by atoms with Gasteiger partial charge in [-0.3, -0.25) is 9.78 Å². The molecule has 98 valence electrons. The number of ketones is 1. The van der Waals surface area contributed by atoms with Crippen LogP contribution in [0.2, 0.25) is 0 Å². The van der Waals surface area contributed by atoms with Crippen molar-refractivity contribution < 1.29 is 4.79 Å². The summed E-state index contributed by atoms with van der Waals surface area (Å²) in [5.74, 6) is -0.00385. The van der Waals surface area contributed by atoms with Gasteiger partial charge in [0.25, 0.3) is 0 Å². The van der Waals surface area contributed by atoms with E-state index in [4.69, 9.17) is 0 Å². The summed E-state index contributed by atoms with van der Waals surface area (Å²) in [4.78, 5) is 16.8. The Kier molecular flexibility index (Phi) is 3.30. The number of rotatable bonds is 3. The second-order valence-corrected chi connectivity index (χ2v) is 4.91. The predicted octanol–water partition coefficient (Wildman–Crippen LogP) is 4.22. The molecule has 2 heteroatoms. The summed E-state index contributed by atoms with van der Waals surface area (Å²) in [5, 5.41) is 1.07. The Morgan fingerprint density at radius 3 is 2.60 bits per heavy atom. The van der Waals surface area contributed by atoms with Crippen LogP contribution in [-0.4, -0.2) is 10.8 Å². The first kappa shape index (κ1) is 12.5. The van der Waals surface area contributed by atoms with Gasteiger partial charge in [-0.25, -0.2) is 0 Å². The van der Waals surface area contributed by atoms with Gasteiger partial charge in [0.1, 0.15) is 0 Å². The molecule has 0 saturated carbocycles. The van der Waals surface area contributed by atoms with E-state index in [0.717, 1.165) is 22.0 Å². The number of carbonyl (C=O) groups excluding carboxylic acids is 1. The topological polar surface area (TPSA) is 30.0 Å². The number of hydrogen-bond donors (Lipinski definition) is 0. The monoisotopic (exact) mass is 261 g/mol. The standard InChI is InChI=1S/C18H15NO/c1-13(18(20)14-6-3-2-4-7-14)15-9-10-17-16(12-15)8-5-11-19-17/h2-13H,1H3. The first-order valence-electron chi connectivity index (χ1n) is 6.69. The highest BCUT2D eigenvalue weighted by atomic mass is 16.1. The maximum atomic E-state index is 12.5. The van der Waals surface area contributed by atoms with Gasteiger partial charge >= 0.3 is 0 Å². The van der Waals surface area contributed by atoms with Crippen LogP contribution in [0.4, 0.5) is 0 Å². The molecule has 0 N–H and O–H groups in total. The van der Waals surface area contributed by atoms with Crippen LogP contribution in [-0.2, 0) is 0 Å². The fourth-order valence-electron chi connectivity index (χ4n) is 2.37. The molecular formula is C18H15NO. The molecule has 1 heterocycles. The van der Waals surface area contributed by atoms with Crippen molar-refractivity contribution in [2.75, 3.05) is 0 Å². The first-order chi connectivity index (χ1) is 9.75. The van der Waals surface area contributed by atoms with Crippen LogP contribution in [0.25, 0.3) is 10.9 Å². The van der Waals surface area contributed by atoms with Crippen LogP contribution in [0.3, 0.4) is 0 Å². The Bertz CT molecular complexity index is 749. The first-order valence-corrected chi connectivity index (χ1v) is 6.69. The van der Waals surface area contributed by atoms with Crippen molar-refractivity contribution in [3.05, 3.63) is 78.0 Å². The van der Waals surface area contributed by atoms with E-state index in [9.17, 15) is 4.79 Å². The number of carbonyl (C=O) groups is 1. The SMILES string of the molecule is CC(C(=O)c1ccccc1)c1ccc2ncccc2c1. The number of Topliss-reactive ketones (excluding diaryl/α,β-unsaturated/α-hetero) is 1. The van der Waals surface area contributed by atoms with E-state index in [-0.39, 0.29) is 11.7 Å². The molecule has 2 aromatic carbocycles. The van der Waals surface area contributed by atoms with Crippen molar-refractivity contribution in [3.63, 3.8) is 0 Å². The van der Waals surface area contributed by atoms with E-state index >= 15 is 0 Å². The van der Waals surface area contributed by atoms with Gasteiger partial charge in [0.15, 0.2) is 5.78 Å². The molecule has 1 aromatic heterocycles. The maximum absolute atomic E-state index is 12.5. The van der Waals surface area contributed by atoms with Gasteiger partial charge in [-0.2, -0.15) is 0 Å². The summed E-state index contributed by atoms with van der Waals surface area (Å²) in [6.45, 7) is 1.95. The van der Waals surface area contributed by atoms with Crippen LogP contribution in [0.15, 0.2) is 66.9 Å². The zero-order valence-electron chi connectivity index (χ0n) is 11.3. The number of benzene rings is 2. The van der Waals surface area contributed by atoms with Crippen LogP contribution in [0.1, 0.15) is 28.8 Å². The Morgan fingerprint density at radius 2 is 1.80 bits per heavy atom. The zero-order valence-corrected chi connectivity index (χ0v) is 11.3. The molecule has 1 unspecified atom stereocenters. The van der Waals surface area contributed by atoms with Crippen molar-refractivity contribution in [2.45, 2.75) is 12.8 Å². The molecule has 1 atom stereocenters. The zero-order chi connectivity index (χ0) is 13.9. The predicted molar refractivity (Wildman–Crippen MR) is 80.9 cm³/mol. The lowest BCUT2D eigenvalue weighted by atomic mass is 9.91. The third-order valence-corrected chi connectivity index (χ3v) is 3.58. The summed E-state index contributed by atoms with van der Waals surface area (Å²) in [6, 6.07) is 19.4. The lowest BCUT2D eigenvalue weighted by Gasteiger charge is -2.11. The quantitative estimate of drug-likeness (QED) is 0.661. The van der Waals surface area contributed by atoms with Crippen molar-refractivity contribution in [3.8, 4) is 0 Å². The van der Waals surface area contributed by atoms with E-state index in [2.05, 4.69) is 4.98 Å². The second-order valence-electron chi connectivity index (χ2n) is 4.91. The van der Waals surface area contributed by atoms with Crippen LogP contribution in [0, 0.1) is 0 Å². The smallest absolute Gasteiger partial charge is 0.170 e. The number of aromatic nitrogens is 1. The molecule has 0 bridgehead atoms. The van der Waals surface area contributed by atoms with Gasteiger partial charge in [0.05, 0.1) is 5.52 Å². The van der Waals surface area contributed by atoms with E-state index < -0.39 is 0 Å². The second kappa shape index (κ2) is 5.25. The van der Waals surface area contributed by atoms with Crippen LogP contribution in [0.5, 0.6) is 0 Å². The minimum Gasteiger partial charge on any atom is -0.294 e. The Balaban J connectivity index is 1.96. The summed E-state index contributed by atoms with van der Waals surface area (Å²) in [6.07, 6.45) is 1.78. The van der Waals surface area contributed by atoms with Crippen LogP contribution < -0.4 is 0 Å². The molecular weight excluding hydrogens is 246 g/mol. The van der Waals surface area contributed by atoms with E-state index in [1.165, 1.54) is 0 Å². The normalized spacial score (nSPS) is 12.2. The van der Waals surface area contributed by atoms with Crippen molar-refractivity contribution in [2.24, 2.45) is 0 Å². The van der Waals surface area contributed by atoms with E-state index in [1.807, 2.05) is 67.6 Å². The molecule has 0 aliphatic heterocycles. The number of hydrogen-bond acceptors (Lipinski definition) is 2. The van der Waals surface area contributed by atoms with Crippen LogP contribution >= 0.6 is 0 Å². The number of pyridine rings is 1. The number of nitrogens with zero attached hydrogens (tertiary/aromatic N) is 1. The highest BCUT2D eigenvalue weighted by Gasteiger charge is 2.17. The molecule has 0 aliphatic rings. The minimum atomic E-state index is -0.151. The van der Waals surface area contributed by atoms with E-state index in [0.29, 0.717) is 0 Å². The van der Waals surface area contributed by atoms with Crippen molar-refractivity contribution in [1.29, 1.82) is 0 Å². The van der Waals surface area contributed by atoms with Gasteiger partial charge < -0.3 is 0 Å². The Morgan fingerprint density at radius 1 is 1.00 bits per heavy atom. The molecule has 0 amide bonds. The molecule has 0 fully saturated rings. The lowest BCUT2D eigenvalue weighted by molar-refractivity contribution is 0.0966. The summed E-state index contributed by atoms with van der Waals surface area (Å²) >= 11 is 0. The molecule has 2 nitrogen and oxygen atoms in total. The average molecular weight is 261 g/mol. The molecule has 0 saturated heterocycles. The third kappa shape index (κ3) is 2.32. The molecule has 0 radical (unpaired) electrons. The van der Waals surface area contributed by atoms with Gasteiger partial charge in [-0.05, 0) is 23.8 Å². The van der Waals surface area contributed by atoms with E-state index in [1.54, 1.807) is 6.20 Å². The van der Waals surface area contributed by atoms with Gasteiger partial charge in [-0.15, -0.1) is 0 Å². The van der Waals surface area contributed by atoms with Gasteiger partial charge in [-0.1, -0.05) is 49.4 Å². The lowest BCUT2D eigenvalue weighted by Crippen LogP contribution is -2.09. The fraction of sp³-hybridized carbons (Fsp3) is 0.111. The molecule has 3 rings (SSSR count). The Labute approximate surface area is 118 Å². The summed E-state index contributed by atoms with van der Waals surface area (Å²) in [5.41, 5.74) is 2.74. The largest absolute Gasteiger partial charge is 0.294 e. The maximum Gasteiger partial charge on any atom is 0.170 e. The minimum absolute atomic E-state index is 0.147. The van der Waals surface area contributed by atoms with Gasteiger partial charge in [0.2, 0.25) is 0 Å². The summed E-state index contributed by atoms with van der Waals surface area (Å²) in [7, 11) is 0. The van der Waals surface area contributed by atoms with Gasteiger partial charge in [0, 0.05) is 23.1 Å². The Hall–Kier alpha value is -2.48. The molecule has 0 spiro atoms. The molecule has 0 aliphatic carbocycles. The highest BCUT2D eigenvalue weighted by molar-refractivity contribution is 6.01. The van der Waals surface area contributed by atoms with Crippen molar-refractivity contribution >= 4 is 16.7 Å². The summed E-state index contributed by atoms with van der Waals surface area (Å²) < 4.78 is 0. The number of fused-ring (bicyclic) bond motifs is 1. The highest BCUT2D eigenvalue weighted by Crippen LogP contribution is 2.23. The molecule has 20 heavy (non-hydrogen) atoms. The molecule has 3 aromatic rings. The third-order valence-electron chi connectivity index (χ3n) is 3.58. The average Bonchev–Trinajstić information content (AvgIpc) is 2.54. The van der Waals surface area contributed by atoms with Crippen molar-refractivity contribution in [1.82, 2.24) is 4.98 Å². The fourth-order valence-corrected chi connectivity index (χ4v) is 2.37.